The summed E-state index contributed by atoms with van der Waals surface area (Å²) < 4.78 is 10.4. The molecule has 152 valence electrons. The number of hydrogen-bond acceptors (Lipinski definition) is 4. The molecule has 0 bridgehead atoms. The smallest absolute Gasteiger partial charge is 0.311 e. The summed E-state index contributed by atoms with van der Waals surface area (Å²) in [5.41, 5.74) is 0.296. The molecule has 1 saturated carbocycles. The molecule has 0 radical (unpaired) electrons. The third kappa shape index (κ3) is 5.23. The van der Waals surface area contributed by atoms with Gasteiger partial charge in [0.25, 0.3) is 0 Å². The number of carbonyl (C=O) groups excluding carboxylic acids is 1. The van der Waals surface area contributed by atoms with Crippen LogP contribution in [0.15, 0.2) is 54.6 Å². The van der Waals surface area contributed by atoms with Crippen molar-refractivity contribution >= 4 is 29.2 Å². The highest BCUT2D eigenvalue weighted by atomic mass is 35.5. The Bertz CT molecular complexity index is 916. The first kappa shape index (κ1) is 21.5. The lowest BCUT2D eigenvalue weighted by Crippen LogP contribution is -2.15. The van der Waals surface area contributed by atoms with Crippen LogP contribution in [0.4, 0.5) is 0 Å². The molecular weight excluding hydrogens is 409 g/mol. The van der Waals surface area contributed by atoms with Crippen LogP contribution in [-0.4, -0.2) is 10.3 Å². The number of alkyl halides is 2. The number of esters is 1. The number of nitriles is 1. The summed E-state index contributed by atoms with van der Waals surface area (Å²) in [7, 11) is 0. The van der Waals surface area contributed by atoms with Crippen molar-refractivity contribution in [2.45, 2.75) is 37.6 Å². The van der Waals surface area contributed by atoms with Crippen LogP contribution in [0, 0.1) is 28.6 Å². The maximum Gasteiger partial charge on any atom is 0.311 e. The molecule has 1 fully saturated rings. The molecule has 0 spiro atoms. The maximum atomic E-state index is 12.7. The average Bonchev–Trinajstić information content (AvgIpc) is 3.18. The minimum atomic E-state index is -1.02. The van der Waals surface area contributed by atoms with Gasteiger partial charge in [-0.05, 0) is 48.9 Å². The number of hydrogen-bond donors (Lipinski definition) is 0. The van der Waals surface area contributed by atoms with Crippen molar-refractivity contribution in [3.63, 3.8) is 0 Å². The Morgan fingerprint density at radius 1 is 1.17 bits per heavy atom. The Balaban J connectivity index is 1.70. The molecule has 0 amide bonds. The van der Waals surface area contributed by atoms with Crippen molar-refractivity contribution in [1.29, 1.82) is 5.26 Å². The minimum absolute atomic E-state index is 0.0158. The summed E-state index contributed by atoms with van der Waals surface area (Å²) in [5.74, 6) is 0.525. The van der Waals surface area contributed by atoms with Crippen molar-refractivity contribution in [2.75, 3.05) is 0 Å². The number of ether oxygens (including phenoxy) is 2. The van der Waals surface area contributed by atoms with Crippen LogP contribution in [0.25, 0.3) is 0 Å². The molecule has 3 unspecified atom stereocenters. The molecule has 4 nitrogen and oxygen atoms in total. The lowest BCUT2D eigenvalue weighted by atomic mass is 10.1. The lowest BCUT2D eigenvalue weighted by molar-refractivity contribution is -0.149. The van der Waals surface area contributed by atoms with Gasteiger partial charge in [0.2, 0.25) is 6.10 Å². The van der Waals surface area contributed by atoms with E-state index in [1.165, 1.54) is 0 Å². The first-order valence-electron chi connectivity index (χ1n) is 9.42. The van der Waals surface area contributed by atoms with Crippen molar-refractivity contribution in [3.05, 3.63) is 60.2 Å². The molecule has 1 aliphatic rings. The molecule has 0 heterocycles. The van der Waals surface area contributed by atoms with E-state index in [0.717, 1.165) is 0 Å². The zero-order valence-electron chi connectivity index (χ0n) is 16.6. The van der Waals surface area contributed by atoms with E-state index in [-0.39, 0.29) is 17.3 Å². The Morgan fingerprint density at radius 2 is 1.83 bits per heavy atom. The molecule has 2 aromatic carbocycles. The van der Waals surface area contributed by atoms with Crippen molar-refractivity contribution in [1.82, 2.24) is 0 Å². The van der Waals surface area contributed by atoms with Gasteiger partial charge in [0.15, 0.2) is 0 Å². The Hall–Kier alpha value is -2.22. The van der Waals surface area contributed by atoms with E-state index in [1.54, 1.807) is 31.2 Å². The quantitative estimate of drug-likeness (QED) is 0.373. The van der Waals surface area contributed by atoms with Gasteiger partial charge in [-0.2, -0.15) is 5.26 Å². The average molecular weight is 432 g/mol. The fraction of sp³-hybridized carbons (Fsp3) is 0.391. The molecule has 2 aromatic rings. The molecule has 0 aromatic heterocycles. The van der Waals surface area contributed by atoms with Gasteiger partial charge < -0.3 is 9.47 Å². The van der Waals surface area contributed by atoms with Gasteiger partial charge in [-0.25, -0.2) is 0 Å². The number of rotatable bonds is 7. The lowest BCUT2D eigenvalue weighted by Gasteiger charge is -2.14. The summed E-state index contributed by atoms with van der Waals surface area (Å²) in [5, 5.41) is 9.58. The zero-order chi connectivity index (χ0) is 21.2. The summed E-state index contributed by atoms with van der Waals surface area (Å²) in [4.78, 5) is 12.7. The molecule has 3 atom stereocenters. The highest BCUT2D eigenvalue weighted by molar-refractivity contribution is 6.48. The topological polar surface area (TPSA) is 59.3 Å². The first-order chi connectivity index (χ1) is 13.6. The monoisotopic (exact) mass is 431 g/mol. The number of nitrogens with zero attached hydrogens (tertiary/aromatic N) is 1. The fourth-order valence-electron chi connectivity index (χ4n) is 3.70. The highest BCUT2D eigenvalue weighted by Crippen LogP contribution is 2.62. The molecule has 6 heteroatoms. The normalized spacial score (nSPS) is 21.0. The van der Waals surface area contributed by atoms with Gasteiger partial charge in [-0.15, -0.1) is 23.2 Å². The van der Waals surface area contributed by atoms with Gasteiger partial charge >= 0.3 is 5.97 Å². The third-order valence-corrected chi connectivity index (χ3v) is 5.68. The van der Waals surface area contributed by atoms with E-state index in [0.29, 0.717) is 23.5 Å². The van der Waals surface area contributed by atoms with Gasteiger partial charge in [0.1, 0.15) is 21.9 Å². The second-order valence-electron chi connectivity index (χ2n) is 8.11. The van der Waals surface area contributed by atoms with Crippen molar-refractivity contribution < 1.29 is 14.3 Å². The van der Waals surface area contributed by atoms with Crippen LogP contribution < -0.4 is 4.74 Å². The third-order valence-electron chi connectivity index (χ3n) is 5.37. The first-order valence-corrected chi connectivity index (χ1v) is 10.2. The summed E-state index contributed by atoms with van der Waals surface area (Å²) in [6, 6.07) is 18.4. The van der Waals surface area contributed by atoms with Gasteiger partial charge in [-0.1, -0.05) is 44.2 Å². The number of halogens is 2. The SMILES string of the molecule is CC(Cl)(Cl)CC1C(C(=O)OC(C#N)c2cccc(Oc3ccccc3)c2)C1(C)C. The largest absolute Gasteiger partial charge is 0.457 e. The fourth-order valence-corrected chi connectivity index (χ4v) is 4.04. The Labute approximate surface area is 181 Å². The second-order valence-corrected chi connectivity index (χ2v) is 9.98. The standard InChI is InChI=1S/C23H23Cl2NO3/c1-22(2)18(13-23(3,24)25)20(22)21(27)29-19(14-26)15-8-7-11-17(12-15)28-16-9-5-4-6-10-16/h4-12,18-20H,13H2,1-3H3. The van der Waals surface area contributed by atoms with Crippen LogP contribution in [-0.2, 0) is 9.53 Å². The predicted molar refractivity (Wildman–Crippen MR) is 113 cm³/mol. The van der Waals surface area contributed by atoms with E-state index < -0.39 is 16.4 Å². The van der Waals surface area contributed by atoms with Crippen molar-refractivity contribution in [3.8, 4) is 17.6 Å². The minimum Gasteiger partial charge on any atom is -0.457 e. The van der Waals surface area contributed by atoms with Gasteiger partial charge in [0.05, 0.1) is 5.92 Å². The van der Waals surface area contributed by atoms with Crippen LogP contribution in [0.5, 0.6) is 11.5 Å². The van der Waals surface area contributed by atoms with E-state index in [9.17, 15) is 10.1 Å². The summed E-state index contributed by atoms with van der Waals surface area (Å²) >= 11 is 12.3. The molecule has 1 aliphatic carbocycles. The van der Waals surface area contributed by atoms with Crippen molar-refractivity contribution in [2.24, 2.45) is 17.3 Å². The number of carbonyl (C=O) groups is 1. The molecular formula is C23H23Cl2NO3. The van der Waals surface area contributed by atoms with Gasteiger partial charge in [-0.3, -0.25) is 4.79 Å². The van der Waals surface area contributed by atoms with E-state index in [1.807, 2.05) is 44.2 Å². The molecule has 3 rings (SSSR count). The highest BCUT2D eigenvalue weighted by Gasteiger charge is 2.63. The summed E-state index contributed by atoms with van der Waals surface area (Å²) in [6.07, 6.45) is -0.530. The Kier molecular flexibility index (Phi) is 6.12. The number of benzene rings is 2. The van der Waals surface area contributed by atoms with E-state index in [2.05, 4.69) is 6.07 Å². The van der Waals surface area contributed by atoms with Crippen LogP contribution >= 0.6 is 23.2 Å². The van der Waals surface area contributed by atoms with Crippen LogP contribution in [0.1, 0.15) is 38.9 Å². The van der Waals surface area contributed by atoms with Crippen LogP contribution in [0.2, 0.25) is 0 Å². The van der Waals surface area contributed by atoms with Gasteiger partial charge in [0, 0.05) is 5.56 Å². The predicted octanol–water partition coefficient (Wildman–Crippen LogP) is 6.44. The van der Waals surface area contributed by atoms with Crippen LogP contribution in [0.3, 0.4) is 0 Å². The van der Waals surface area contributed by atoms with E-state index >= 15 is 0 Å². The maximum absolute atomic E-state index is 12.7. The second kappa shape index (κ2) is 8.26. The van der Waals surface area contributed by atoms with E-state index in [4.69, 9.17) is 32.7 Å². The Morgan fingerprint density at radius 3 is 2.45 bits per heavy atom. The molecule has 0 N–H and O–H groups in total. The zero-order valence-corrected chi connectivity index (χ0v) is 18.1. The summed E-state index contributed by atoms with van der Waals surface area (Å²) in [6.45, 7) is 5.68. The molecule has 0 aliphatic heterocycles. The molecule has 0 saturated heterocycles. The number of para-hydroxylation sites is 1. The molecule has 29 heavy (non-hydrogen) atoms.